The molecule has 0 aliphatic carbocycles. The van der Waals surface area contributed by atoms with Crippen LogP contribution in [0.2, 0.25) is 0 Å². The molecule has 0 radical (unpaired) electrons. The van der Waals surface area contributed by atoms with E-state index < -0.39 is 25.9 Å². The molecule has 0 aromatic heterocycles. The number of fused-ring (bicyclic) bond motifs is 8. The summed E-state index contributed by atoms with van der Waals surface area (Å²) in [7, 11) is 5.24. The van der Waals surface area contributed by atoms with Gasteiger partial charge in [-0.15, -0.1) is 0 Å². The van der Waals surface area contributed by atoms with Gasteiger partial charge in [0.1, 0.15) is 37.0 Å². The SMILES string of the molecule is CC=CCC(=O)C(CCSSC(C)(C)CN(CCOCCOCCOC)c1cc(COc2cc3c(cc2C)C(=O)N2c4ccccc4C[C@H]2CC3)cc(COc2cc3c(cc2OC)C(=O)N2c4ccccc4C[C@H]2[C-]=[N+]3C)c1)S(=O)(=O)OC. The molecule has 9 rings (SSSR count). The van der Waals surface area contributed by atoms with Gasteiger partial charge in [-0.3, -0.25) is 18.6 Å². The molecule has 0 saturated carbocycles. The smallest absolute Gasteiger partial charge is 0.277 e. The molecule has 4 heterocycles. The van der Waals surface area contributed by atoms with Gasteiger partial charge in [-0.1, -0.05) is 70.1 Å². The van der Waals surface area contributed by atoms with Crippen molar-refractivity contribution in [3.8, 4) is 17.2 Å². The van der Waals surface area contributed by atoms with Gasteiger partial charge in [0.05, 0.1) is 52.9 Å². The van der Waals surface area contributed by atoms with Gasteiger partial charge < -0.3 is 47.7 Å². The normalized spacial score (nSPS) is 16.7. The van der Waals surface area contributed by atoms with Gasteiger partial charge in [0.15, 0.2) is 11.5 Å². The van der Waals surface area contributed by atoms with Crippen LogP contribution >= 0.6 is 21.6 Å². The molecule has 19 heteroatoms. The van der Waals surface area contributed by atoms with Crippen molar-refractivity contribution < 1.29 is 60.0 Å². The molecule has 442 valence electrons. The van der Waals surface area contributed by atoms with E-state index in [1.165, 1.54) is 16.4 Å². The number of nitrogens with zero attached hydrogens (tertiary/aromatic N) is 4. The van der Waals surface area contributed by atoms with Crippen molar-refractivity contribution in [3.05, 3.63) is 148 Å². The number of ketones is 1. The predicted octanol–water partition coefficient (Wildman–Crippen LogP) is 10.4. The lowest BCUT2D eigenvalue weighted by Crippen LogP contribution is -2.38. The molecule has 5 aromatic carbocycles. The minimum Gasteiger partial charge on any atom is -0.493 e. The molecule has 0 N–H and O–H groups in total. The van der Waals surface area contributed by atoms with E-state index in [0.29, 0.717) is 92.4 Å². The molecule has 5 aromatic rings. The number of methoxy groups -OCH3 is 2. The van der Waals surface area contributed by atoms with E-state index >= 15 is 0 Å². The second kappa shape index (κ2) is 27.7. The molecule has 4 aliphatic heterocycles. The van der Waals surface area contributed by atoms with Crippen molar-refractivity contribution in [2.45, 2.75) is 102 Å². The Hall–Kier alpha value is -6.19. The van der Waals surface area contributed by atoms with Crippen molar-refractivity contribution in [3.63, 3.8) is 0 Å². The standard InChI is InChI=1S/C64H76N4O12S3/c1-9-10-19-57(69)61(83(72,73)76-8)22-29-81-82-64(3,4)42-66(23-24-77-27-28-78-26-25-74-6)50-32-44(40-79-58-36-46-20-21-49-34-47-15-11-13-17-54(47)67(49)62(70)52(46)30-43(58)2)31-45(33-50)41-80-60-38-56-53(37-59(60)75-7)63(71)68-51(39-65(56)5)35-48-16-12-14-18-55(48)68/h9-18,30-33,36-38,49,51,61H,19-29,34-35,40-42H2,1-8H3/t49-,51+,61?/m1/s1. The second-order valence-corrected chi connectivity index (χ2v) is 26.8. The van der Waals surface area contributed by atoms with E-state index in [0.717, 1.165) is 71.3 Å². The van der Waals surface area contributed by atoms with Crippen LogP contribution < -0.4 is 28.9 Å². The number of allylic oxidation sites excluding steroid dienone is 2. The maximum Gasteiger partial charge on any atom is 0.277 e. The van der Waals surface area contributed by atoms with E-state index in [4.69, 9.17) is 32.6 Å². The van der Waals surface area contributed by atoms with Crippen LogP contribution in [0.15, 0.2) is 103 Å². The fraction of sp³-hybridized carbons (Fsp3) is 0.438. The van der Waals surface area contributed by atoms with E-state index in [2.05, 4.69) is 55.3 Å². The maximum atomic E-state index is 14.4. The number of anilines is 3. The minimum absolute atomic E-state index is 0.00918. The van der Waals surface area contributed by atoms with Gasteiger partial charge >= 0.3 is 0 Å². The molecule has 3 atom stereocenters. The molecule has 16 nitrogen and oxygen atoms in total. The predicted molar refractivity (Wildman–Crippen MR) is 329 cm³/mol. The van der Waals surface area contributed by atoms with Gasteiger partial charge in [-0.05, 0) is 148 Å². The molecular formula is C64H76N4O12S3. The Balaban J connectivity index is 1.00. The van der Waals surface area contributed by atoms with E-state index in [9.17, 15) is 22.8 Å². The van der Waals surface area contributed by atoms with Crippen LogP contribution in [-0.4, -0.2) is 139 Å². The highest BCUT2D eigenvalue weighted by atomic mass is 33.1. The zero-order valence-corrected chi connectivity index (χ0v) is 51.2. The molecule has 0 bridgehead atoms. The second-order valence-electron chi connectivity index (χ2n) is 21.8. The summed E-state index contributed by atoms with van der Waals surface area (Å²) in [6.07, 6.45) is 10.1. The van der Waals surface area contributed by atoms with Crippen LogP contribution in [0.1, 0.15) is 94.1 Å². The summed E-state index contributed by atoms with van der Waals surface area (Å²) in [5.41, 5.74) is 10.4. The highest BCUT2D eigenvalue weighted by Crippen LogP contribution is 2.43. The number of aryl methyl sites for hydroxylation is 2. The summed E-state index contributed by atoms with van der Waals surface area (Å²) in [6, 6.07) is 29.9. The zero-order valence-electron chi connectivity index (χ0n) is 48.8. The number of carbonyl (C=O) groups excluding carboxylic acids is 3. The van der Waals surface area contributed by atoms with Crippen molar-refractivity contribution in [1.82, 2.24) is 0 Å². The van der Waals surface area contributed by atoms with Crippen LogP contribution in [0.5, 0.6) is 17.2 Å². The van der Waals surface area contributed by atoms with E-state index in [1.54, 1.807) is 50.2 Å². The van der Waals surface area contributed by atoms with Crippen molar-refractivity contribution >= 4 is 78.3 Å². The molecule has 2 amide bonds. The summed E-state index contributed by atoms with van der Waals surface area (Å²) >= 11 is 0. The van der Waals surface area contributed by atoms with E-state index in [1.807, 2.05) is 82.9 Å². The number of ether oxygens (including phenoxy) is 6. The third kappa shape index (κ3) is 14.5. The van der Waals surface area contributed by atoms with Crippen LogP contribution in [0.25, 0.3) is 0 Å². The fourth-order valence-electron chi connectivity index (χ4n) is 11.3. The summed E-state index contributed by atoms with van der Waals surface area (Å²) in [6.45, 7) is 11.5. The first-order valence-electron chi connectivity index (χ1n) is 28.2. The first-order valence-corrected chi connectivity index (χ1v) is 32.0. The molecule has 1 unspecified atom stereocenters. The average molecular weight is 1190 g/mol. The number of Topliss-reactive ketones (excluding diaryl/α,β-unsaturated/α-hetero) is 1. The highest BCUT2D eigenvalue weighted by Gasteiger charge is 2.39. The van der Waals surface area contributed by atoms with E-state index in [-0.39, 0.29) is 50.0 Å². The Kier molecular flexibility index (Phi) is 20.5. The molecule has 0 fully saturated rings. The zero-order chi connectivity index (χ0) is 58.8. The number of para-hydroxylation sites is 2. The Morgan fingerprint density at radius 2 is 1.47 bits per heavy atom. The van der Waals surface area contributed by atoms with Gasteiger partial charge in [0, 0.05) is 83.6 Å². The summed E-state index contributed by atoms with van der Waals surface area (Å²) in [5.74, 6) is 1.43. The largest absolute Gasteiger partial charge is 0.493 e. The average Bonchev–Trinajstić information content (AvgIpc) is 4.11. The topological polar surface area (TPSA) is 163 Å². The van der Waals surface area contributed by atoms with Crippen LogP contribution in [-0.2, 0) is 65.8 Å². The van der Waals surface area contributed by atoms with Crippen LogP contribution in [0.3, 0.4) is 0 Å². The minimum atomic E-state index is -4.09. The maximum absolute atomic E-state index is 14.4. The van der Waals surface area contributed by atoms with Gasteiger partial charge in [0.2, 0.25) is 5.91 Å². The lowest BCUT2D eigenvalue weighted by atomic mass is 9.98. The number of amides is 2. The lowest BCUT2D eigenvalue weighted by molar-refractivity contribution is -0.401. The number of rotatable bonds is 29. The van der Waals surface area contributed by atoms with Crippen LogP contribution in [0.4, 0.5) is 22.7 Å². The fourth-order valence-corrected chi connectivity index (χ4v) is 15.1. The third-order valence-corrected chi connectivity index (χ3v) is 20.4. The molecule has 0 saturated heterocycles. The highest BCUT2D eigenvalue weighted by molar-refractivity contribution is 8.77. The number of hydrogen-bond donors (Lipinski definition) is 0. The summed E-state index contributed by atoms with van der Waals surface area (Å²) < 4.78 is 68.6. The summed E-state index contributed by atoms with van der Waals surface area (Å²) in [5, 5.41) is -1.27. The Bertz CT molecular complexity index is 3350. The number of carbonyl (C=O) groups is 3. The first kappa shape index (κ1) is 61.4. The molecule has 4 aliphatic rings. The monoisotopic (exact) mass is 1190 g/mol. The van der Waals surface area contributed by atoms with Gasteiger partial charge in [-0.2, -0.15) is 8.42 Å². The third-order valence-electron chi connectivity index (χ3n) is 15.4. The lowest BCUT2D eigenvalue weighted by Gasteiger charge is -2.34. The van der Waals surface area contributed by atoms with Crippen LogP contribution in [0, 0.1) is 6.92 Å². The molecular weight excluding hydrogens is 1110 g/mol. The Morgan fingerprint density at radius 3 is 2.17 bits per heavy atom. The Labute approximate surface area is 496 Å². The first-order chi connectivity index (χ1) is 40.0. The molecule has 0 spiro atoms. The van der Waals surface area contributed by atoms with Crippen molar-refractivity contribution in [2.24, 2.45) is 0 Å². The van der Waals surface area contributed by atoms with Crippen molar-refractivity contribution in [1.29, 1.82) is 0 Å². The Morgan fingerprint density at radius 1 is 0.807 bits per heavy atom. The number of benzene rings is 5. The molecule has 83 heavy (non-hydrogen) atoms. The van der Waals surface area contributed by atoms with Gasteiger partial charge in [0.25, 0.3) is 16.0 Å². The quantitative estimate of drug-likeness (QED) is 0.0111. The van der Waals surface area contributed by atoms with Gasteiger partial charge in [-0.25, -0.2) is 0 Å². The summed E-state index contributed by atoms with van der Waals surface area (Å²) in [4.78, 5) is 47.9. The number of hydrogen-bond acceptors (Lipinski definition) is 15. The van der Waals surface area contributed by atoms with Crippen molar-refractivity contribution in [2.75, 3.05) is 95.0 Å².